The largest absolute Gasteiger partial charge is 0.466 e. The third-order valence-electron chi connectivity index (χ3n) is 7.69. The Hall–Kier alpha value is -3.58. The van der Waals surface area contributed by atoms with E-state index in [1.165, 1.54) is 45.5 Å². The van der Waals surface area contributed by atoms with Crippen LogP contribution in [0.1, 0.15) is 56.5 Å². The molecule has 12 heteroatoms. The topological polar surface area (TPSA) is 139 Å². The number of piperidine rings is 1. The Bertz CT molecular complexity index is 1560. The monoisotopic (exact) mass is 610 g/mol. The van der Waals surface area contributed by atoms with Crippen LogP contribution in [0.3, 0.4) is 0 Å². The Kier molecular flexibility index (Phi) is 9.07. The van der Waals surface area contributed by atoms with Gasteiger partial charge < -0.3 is 15.8 Å². The highest BCUT2D eigenvalue weighted by atomic mass is 32.2. The van der Waals surface area contributed by atoms with Crippen molar-refractivity contribution >= 4 is 44.1 Å². The van der Waals surface area contributed by atoms with Crippen LogP contribution in [0.15, 0.2) is 59.5 Å². The second kappa shape index (κ2) is 12.7. The molecule has 0 radical (unpaired) electrons. The van der Waals surface area contributed by atoms with Gasteiger partial charge in [-0.2, -0.15) is 4.31 Å². The Morgan fingerprint density at radius 2 is 1.71 bits per heavy atom. The van der Waals surface area contributed by atoms with Gasteiger partial charge in [-0.25, -0.2) is 8.42 Å². The summed E-state index contributed by atoms with van der Waals surface area (Å²) in [5.74, 6) is -1.65. The maximum absolute atomic E-state index is 13.2. The van der Waals surface area contributed by atoms with Gasteiger partial charge in [0.2, 0.25) is 10.0 Å². The summed E-state index contributed by atoms with van der Waals surface area (Å²) in [6.45, 7) is 4.67. The second-order valence-electron chi connectivity index (χ2n) is 10.4. The van der Waals surface area contributed by atoms with E-state index in [1.54, 1.807) is 6.92 Å². The fourth-order valence-electron chi connectivity index (χ4n) is 5.48. The molecule has 2 aromatic carbocycles. The summed E-state index contributed by atoms with van der Waals surface area (Å²) in [5, 5.41) is 3.24. The first-order chi connectivity index (χ1) is 20.2. The van der Waals surface area contributed by atoms with Gasteiger partial charge in [0.15, 0.2) is 0 Å². The molecule has 10 nitrogen and oxygen atoms in total. The van der Waals surface area contributed by atoms with Crippen LogP contribution in [0.5, 0.6) is 0 Å². The van der Waals surface area contributed by atoms with Crippen LogP contribution < -0.4 is 11.1 Å². The van der Waals surface area contributed by atoms with Crippen LogP contribution in [-0.4, -0.2) is 61.6 Å². The third kappa shape index (κ3) is 6.41. The number of carbonyl (C=O) groups is 3. The first-order valence-electron chi connectivity index (χ1n) is 14.0. The number of anilines is 1. The number of carbonyl (C=O) groups excluding carboxylic acids is 3. The number of sulfonamides is 1. The molecule has 1 fully saturated rings. The van der Waals surface area contributed by atoms with Gasteiger partial charge in [-0.05, 0) is 61.6 Å². The average molecular weight is 611 g/mol. The number of nitrogens with two attached hydrogens (primary N) is 1. The molecule has 5 rings (SSSR count). The van der Waals surface area contributed by atoms with E-state index in [9.17, 15) is 22.8 Å². The summed E-state index contributed by atoms with van der Waals surface area (Å²) >= 11 is 1.35. The van der Waals surface area contributed by atoms with E-state index >= 15 is 0 Å². The number of fused-ring (bicyclic) bond motifs is 1. The number of nitrogens with zero attached hydrogens (tertiary/aromatic N) is 2. The maximum Gasteiger partial charge on any atom is 0.309 e. The van der Waals surface area contributed by atoms with Crippen LogP contribution in [0.4, 0.5) is 5.00 Å². The van der Waals surface area contributed by atoms with Gasteiger partial charge in [-0.15, -0.1) is 11.3 Å². The molecule has 0 aliphatic carbocycles. The molecule has 2 aliphatic heterocycles. The molecule has 0 spiro atoms. The molecule has 1 saturated heterocycles. The molecule has 3 heterocycles. The third-order valence-corrected chi connectivity index (χ3v) is 10.7. The molecule has 3 aromatic rings. The van der Waals surface area contributed by atoms with Gasteiger partial charge in [0, 0.05) is 43.2 Å². The van der Waals surface area contributed by atoms with E-state index in [0.717, 1.165) is 23.5 Å². The highest BCUT2D eigenvalue weighted by molar-refractivity contribution is 7.89. The van der Waals surface area contributed by atoms with Crippen molar-refractivity contribution in [2.24, 2.45) is 11.7 Å². The Labute approximate surface area is 249 Å². The van der Waals surface area contributed by atoms with Gasteiger partial charge in [0.25, 0.3) is 11.8 Å². The van der Waals surface area contributed by atoms with E-state index in [2.05, 4.69) is 22.3 Å². The summed E-state index contributed by atoms with van der Waals surface area (Å²) in [5.41, 5.74) is 8.41. The molecule has 2 aliphatic rings. The summed E-state index contributed by atoms with van der Waals surface area (Å²) in [4.78, 5) is 40.9. The number of rotatable bonds is 9. The molecular weight excluding hydrogens is 576 g/mol. The molecule has 3 N–H and O–H groups in total. The maximum atomic E-state index is 13.2. The van der Waals surface area contributed by atoms with E-state index in [4.69, 9.17) is 10.5 Å². The predicted octanol–water partition coefficient (Wildman–Crippen LogP) is 3.62. The van der Waals surface area contributed by atoms with E-state index in [-0.39, 0.29) is 35.4 Å². The highest BCUT2D eigenvalue weighted by Crippen LogP contribution is 2.37. The molecule has 0 saturated carbocycles. The minimum absolute atomic E-state index is 0.0663. The normalized spacial score (nSPS) is 16.5. The first kappa shape index (κ1) is 29.9. The molecular formula is C30H34N4O6S2. The SMILES string of the molecule is CCOC(=O)C1CCN(S(=O)(=O)c2ccc(C(=O)Nc3sc4c(c3C(N)=O)CCN(Cc3ccccc3)C4)cc2)CC1. The van der Waals surface area contributed by atoms with Crippen LogP contribution in [0.2, 0.25) is 0 Å². The number of nitrogens with one attached hydrogen (secondary N) is 1. The zero-order valence-corrected chi connectivity index (χ0v) is 25.0. The quantitative estimate of drug-likeness (QED) is 0.353. The predicted molar refractivity (Wildman–Crippen MR) is 160 cm³/mol. The Morgan fingerprint density at radius 1 is 1.02 bits per heavy atom. The highest BCUT2D eigenvalue weighted by Gasteiger charge is 2.33. The van der Waals surface area contributed by atoms with Crippen molar-refractivity contribution in [3.63, 3.8) is 0 Å². The molecule has 0 atom stereocenters. The lowest BCUT2D eigenvalue weighted by atomic mass is 9.98. The van der Waals surface area contributed by atoms with Crippen molar-refractivity contribution in [3.8, 4) is 0 Å². The minimum atomic E-state index is -3.79. The van der Waals surface area contributed by atoms with Crippen LogP contribution in [0.25, 0.3) is 0 Å². The van der Waals surface area contributed by atoms with Crippen molar-refractivity contribution in [1.82, 2.24) is 9.21 Å². The number of hydrogen-bond acceptors (Lipinski definition) is 8. The first-order valence-corrected chi connectivity index (χ1v) is 16.2. The summed E-state index contributed by atoms with van der Waals surface area (Å²) in [6, 6.07) is 15.9. The average Bonchev–Trinajstić information content (AvgIpc) is 3.35. The molecule has 1 aromatic heterocycles. The van der Waals surface area contributed by atoms with E-state index < -0.39 is 21.8 Å². The van der Waals surface area contributed by atoms with Crippen LogP contribution in [-0.2, 0) is 39.1 Å². The number of thiophene rings is 1. The summed E-state index contributed by atoms with van der Waals surface area (Å²) in [6.07, 6.45) is 1.45. The number of benzene rings is 2. The van der Waals surface area contributed by atoms with Crippen LogP contribution >= 0.6 is 11.3 Å². The van der Waals surface area contributed by atoms with E-state index in [1.807, 2.05) is 18.2 Å². The fourth-order valence-corrected chi connectivity index (χ4v) is 8.24. The van der Waals surface area contributed by atoms with Crippen molar-refractivity contribution in [1.29, 1.82) is 0 Å². The van der Waals surface area contributed by atoms with Crippen molar-refractivity contribution in [2.45, 2.75) is 44.2 Å². The van der Waals surface area contributed by atoms with Gasteiger partial charge >= 0.3 is 5.97 Å². The van der Waals surface area contributed by atoms with E-state index in [0.29, 0.717) is 43.0 Å². The van der Waals surface area contributed by atoms with Gasteiger partial charge in [0.1, 0.15) is 5.00 Å². The molecule has 0 unspecified atom stereocenters. The lowest BCUT2D eigenvalue weighted by molar-refractivity contribution is -0.149. The summed E-state index contributed by atoms with van der Waals surface area (Å²) in [7, 11) is -3.79. The number of amides is 2. The number of esters is 1. The molecule has 42 heavy (non-hydrogen) atoms. The Balaban J connectivity index is 1.25. The number of ether oxygens (including phenoxy) is 1. The zero-order chi connectivity index (χ0) is 29.9. The molecule has 2 amide bonds. The van der Waals surface area contributed by atoms with Crippen LogP contribution in [0, 0.1) is 5.92 Å². The Morgan fingerprint density at radius 3 is 2.36 bits per heavy atom. The number of hydrogen-bond donors (Lipinski definition) is 2. The standard InChI is InChI=1S/C30H34N4O6S2/c1-2-40-30(37)22-12-16-34(17-13-22)42(38,39)23-10-8-21(9-11-23)28(36)32-29-26(27(31)35)24-14-15-33(19-25(24)41-29)18-20-6-4-3-5-7-20/h3-11,22H,2,12-19H2,1H3,(H2,31,35)(H,32,36). The fraction of sp³-hybridized carbons (Fsp3) is 0.367. The van der Waals surface area contributed by atoms with Gasteiger partial charge in [0.05, 0.1) is 23.0 Å². The van der Waals surface area contributed by atoms with Gasteiger partial charge in [-0.3, -0.25) is 19.3 Å². The number of primary amides is 1. The zero-order valence-electron chi connectivity index (χ0n) is 23.4. The molecule has 222 valence electrons. The van der Waals surface area contributed by atoms with Crippen molar-refractivity contribution in [2.75, 3.05) is 31.6 Å². The second-order valence-corrected chi connectivity index (χ2v) is 13.5. The smallest absolute Gasteiger partial charge is 0.309 e. The minimum Gasteiger partial charge on any atom is -0.466 e. The summed E-state index contributed by atoms with van der Waals surface area (Å²) < 4.78 is 32.8. The van der Waals surface area contributed by atoms with Crippen molar-refractivity contribution in [3.05, 3.63) is 81.7 Å². The lowest BCUT2D eigenvalue weighted by Crippen LogP contribution is -2.40. The lowest BCUT2D eigenvalue weighted by Gasteiger charge is -2.30. The van der Waals surface area contributed by atoms with Gasteiger partial charge in [-0.1, -0.05) is 30.3 Å². The molecule has 0 bridgehead atoms. The van der Waals surface area contributed by atoms with Crippen molar-refractivity contribution < 1.29 is 27.5 Å².